The third-order valence-electron chi connectivity index (χ3n) is 3.76. The molecule has 6 nitrogen and oxygen atoms in total. The van der Waals surface area contributed by atoms with E-state index in [-0.39, 0.29) is 11.9 Å². The van der Waals surface area contributed by atoms with Crippen molar-refractivity contribution in [2.45, 2.75) is 32.9 Å². The second-order valence-corrected chi connectivity index (χ2v) is 6.99. The number of pyridine rings is 1. The molecule has 136 valence electrons. The van der Waals surface area contributed by atoms with Gasteiger partial charge in [0.25, 0.3) is 5.91 Å². The molecule has 1 amide bonds. The summed E-state index contributed by atoms with van der Waals surface area (Å²) in [4.78, 5) is 16.8. The van der Waals surface area contributed by atoms with E-state index in [9.17, 15) is 4.79 Å². The first kappa shape index (κ1) is 18.5. The Morgan fingerprint density at radius 3 is 2.65 bits per heavy atom. The maximum atomic E-state index is 12.4. The van der Waals surface area contributed by atoms with Gasteiger partial charge < -0.3 is 10.1 Å². The SMILES string of the molecule is CC(C)n1ncc2cc(NC(=O)[C@@H](C)Oc3ccc(Cl)cc3Cl)cnc21. The average molecular weight is 393 g/mol. The number of hydrogen-bond acceptors (Lipinski definition) is 4. The number of benzene rings is 1. The van der Waals surface area contributed by atoms with E-state index in [1.54, 1.807) is 37.5 Å². The Morgan fingerprint density at radius 2 is 1.96 bits per heavy atom. The number of ether oxygens (including phenoxy) is 1. The van der Waals surface area contributed by atoms with Crippen molar-refractivity contribution < 1.29 is 9.53 Å². The molecule has 2 aromatic heterocycles. The number of rotatable bonds is 5. The molecule has 3 aromatic rings. The Kier molecular flexibility index (Phi) is 5.34. The van der Waals surface area contributed by atoms with Gasteiger partial charge in [0.15, 0.2) is 11.8 Å². The first-order chi connectivity index (χ1) is 12.3. The first-order valence-corrected chi connectivity index (χ1v) is 8.86. The minimum Gasteiger partial charge on any atom is -0.479 e. The highest BCUT2D eigenvalue weighted by molar-refractivity contribution is 6.35. The van der Waals surface area contributed by atoms with Crippen LogP contribution >= 0.6 is 23.2 Å². The van der Waals surface area contributed by atoms with Crippen molar-refractivity contribution in [1.29, 1.82) is 0 Å². The maximum absolute atomic E-state index is 12.4. The molecule has 0 aliphatic rings. The van der Waals surface area contributed by atoms with E-state index in [0.717, 1.165) is 11.0 Å². The van der Waals surface area contributed by atoms with Gasteiger partial charge in [0.05, 0.1) is 23.1 Å². The van der Waals surface area contributed by atoms with Crippen LogP contribution in [0, 0.1) is 0 Å². The molecular formula is C18H18Cl2N4O2. The molecule has 0 aliphatic carbocycles. The fraction of sp³-hybridized carbons (Fsp3) is 0.278. The molecule has 1 N–H and O–H groups in total. The predicted octanol–water partition coefficient (Wildman–Crippen LogP) is 4.73. The number of amides is 1. The lowest BCUT2D eigenvalue weighted by Gasteiger charge is -2.15. The largest absolute Gasteiger partial charge is 0.479 e. The van der Waals surface area contributed by atoms with Crippen molar-refractivity contribution in [1.82, 2.24) is 14.8 Å². The molecule has 0 bridgehead atoms. The number of nitrogens with one attached hydrogen (secondary N) is 1. The third-order valence-corrected chi connectivity index (χ3v) is 4.29. The number of carbonyl (C=O) groups is 1. The van der Waals surface area contributed by atoms with E-state index >= 15 is 0 Å². The van der Waals surface area contributed by atoms with E-state index in [1.807, 2.05) is 24.6 Å². The van der Waals surface area contributed by atoms with Crippen molar-refractivity contribution >= 4 is 45.8 Å². The first-order valence-electron chi connectivity index (χ1n) is 8.11. The number of halogens is 2. The summed E-state index contributed by atoms with van der Waals surface area (Å²) in [7, 11) is 0. The van der Waals surface area contributed by atoms with Crippen LogP contribution in [-0.4, -0.2) is 26.8 Å². The van der Waals surface area contributed by atoms with Crippen LogP contribution < -0.4 is 10.1 Å². The molecule has 0 saturated carbocycles. The lowest BCUT2D eigenvalue weighted by Crippen LogP contribution is -2.30. The summed E-state index contributed by atoms with van der Waals surface area (Å²) < 4.78 is 7.45. The lowest BCUT2D eigenvalue weighted by atomic mass is 10.3. The van der Waals surface area contributed by atoms with Crippen molar-refractivity contribution in [3.63, 3.8) is 0 Å². The van der Waals surface area contributed by atoms with Gasteiger partial charge in [-0.2, -0.15) is 5.10 Å². The maximum Gasteiger partial charge on any atom is 0.265 e. The normalized spacial score (nSPS) is 12.4. The van der Waals surface area contributed by atoms with Gasteiger partial charge in [-0.1, -0.05) is 23.2 Å². The third kappa shape index (κ3) is 3.92. The zero-order valence-electron chi connectivity index (χ0n) is 14.5. The molecule has 0 fully saturated rings. The number of aromatic nitrogens is 3. The highest BCUT2D eigenvalue weighted by atomic mass is 35.5. The van der Waals surface area contributed by atoms with Gasteiger partial charge in [0.2, 0.25) is 0 Å². The lowest BCUT2D eigenvalue weighted by molar-refractivity contribution is -0.122. The predicted molar refractivity (Wildman–Crippen MR) is 103 cm³/mol. The van der Waals surface area contributed by atoms with Crippen molar-refractivity contribution in [2.24, 2.45) is 0 Å². The topological polar surface area (TPSA) is 69.0 Å². The van der Waals surface area contributed by atoms with Gasteiger partial charge in [-0.3, -0.25) is 4.79 Å². The van der Waals surface area contributed by atoms with E-state index in [0.29, 0.717) is 21.5 Å². The van der Waals surface area contributed by atoms with Crippen LogP contribution in [0.4, 0.5) is 5.69 Å². The fourth-order valence-corrected chi connectivity index (χ4v) is 2.90. The summed E-state index contributed by atoms with van der Waals surface area (Å²) >= 11 is 11.9. The van der Waals surface area contributed by atoms with Crippen LogP contribution in [-0.2, 0) is 4.79 Å². The van der Waals surface area contributed by atoms with Crippen molar-refractivity contribution in [2.75, 3.05) is 5.32 Å². The molecule has 26 heavy (non-hydrogen) atoms. The zero-order valence-corrected chi connectivity index (χ0v) is 16.0. The molecule has 0 unspecified atom stereocenters. The molecule has 0 saturated heterocycles. The molecule has 8 heteroatoms. The van der Waals surface area contributed by atoms with Crippen LogP contribution in [0.5, 0.6) is 5.75 Å². The summed E-state index contributed by atoms with van der Waals surface area (Å²) in [6, 6.07) is 6.87. The number of fused-ring (bicyclic) bond motifs is 1. The van der Waals surface area contributed by atoms with Gasteiger partial charge in [-0.25, -0.2) is 9.67 Å². The number of carbonyl (C=O) groups excluding carboxylic acids is 1. The average Bonchev–Trinajstić information content (AvgIpc) is 3.00. The summed E-state index contributed by atoms with van der Waals surface area (Å²) in [6.07, 6.45) is 2.58. The molecule has 1 aromatic carbocycles. The van der Waals surface area contributed by atoms with Gasteiger partial charge in [-0.05, 0) is 45.0 Å². The highest BCUT2D eigenvalue weighted by Crippen LogP contribution is 2.28. The summed E-state index contributed by atoms with van der Waals surface area (Å²) in [5.74, 6) is 0.0823. The molecule has 2 heterocycles. The van der Waals surface area contributed by atoms with Crippen molar-refractivity contribution in [3.8, 4) is 5.75 Å². The Morgan fingerprint density at radius 1 is 1.19 bits per heavy atom. The number of anilines is 1. The Bertz CT molecular complexity index is 956. The number of nitrogens with zero attached hydrogens (tertiary/aromatic N) is 3. The summed E-state index contributed by atoms with van der Waals surface area (Å²) in [6.45, 7) is 5.71. The van der Waals surface area contributed by atoms with E-state index in [4.69, 9.17) is 27.9 Å². The van der Waals surface area contributed by atoms with Crippen LogP contribution in [0.2, 0.25) is 10.0 Å². The van der Waals surface area contributed by atoms with Crippen molar-refractivity contribution in [3.05, 3.63) is 46.7 Å². The zero-order chi connectivity index (χ0) is 18.8. The van der Waals surface area contributed by atoms with E-state index < -0.39 is 6.10 Å². The van der Waals surface area contributed by atoms with Crippen LogP contribution in [0.1, 0.15) is 26.8 Å². The van der Waals surface area contributed by atoms with Gasteiger partial charge >= 0.3 is 0 Å². The molecule has 0 spiro atoms. The van der Waals surface area contributed by atoms with Gasteiger partial charge in [-0.15, -0.1) is 0 Å². The van der Waals surface area contributed by atoms with Gasteiger partial charge in [0.1, 0.15) is 5.75 Å². The fourth-order valence-electron chi connectivity index (χ4n) is 2.44. The monoisotopic (exact) mass is 392 g/mol. The Labute approximate surface area is 161 Å². The van der Waals surface area contributed by atoms with Crippen LogP contribution in [0.25, 0.3) is 11.0 Å². The van der Waals surface area contributed by atoms with Gasteiger partial charge in [0, 0.05) is 16.5 Å². The summed E-state index contributed by atoms with van der Waals surface area (Å²) in [5.41, 5.74) is 1.35. The molecular weight excluding hydrogens is 375 g/mol. The summed E-state index contributed by atoms with van der Waals surface area (Å²) in [5, 5.41) is 8.81. The minimum atomic E-state index is -0.747. The molecule has 3 rings (SSSR count). The Hall–Kier alpha value is -2.31. The molecule has 1 atom stereocenters. The minimum absolute atomic E-state index is 0.206. The number of hydrogen-bond donors (Lipinski definition) is 1. The van der Waals surface area contributed by atoms with Crippen LogP contribution in [0.3, 0.4) is 0 Å². The molecule has 0 radical (unpaired) electrons. The highest BCUT2D eigenvalue weighted by Gasteiger charge is 2.17. The smallest absolute Gasteiger partial charge is 0.265 e. The second-order valence-electron chi connectivity index (χ2n) is 6.14. The quantitative estimate of drug-likeness (QED) is 0.681. The van der Waals surface area contributed by atoms with Crippen LogP contribution in [0.15, 0.2) is 36.7 Å². The standard InChI is InChI=1S/C18H18Cl2N4O2/c1-10(2)24-17-12(8-22-24)6-14(9-21-17)23-18(25)11(3)26-16-5-4-13(19)7-15(16)20/h4-11H,1-3H3,(H,23,25)/t11-/m1/s1. The van der Waals surface area contributed by atoms with E-state index in [2.05, 4.69) is 15.4 Å². The Balaban J connectivity index is 1.71. The second kappa shape index (κ2) is 7.51. The molecule has 0 aliphatic heterocycles. The van der Waals surface area contributed by atoms with E-state index in [1.165, 1.54) is 0 Å².